The molecule has 0 amide bonds. The number of benzene rings is 1. The van der Waals surface area contributed by atoms with Gasteiger partial charge in [0.05, 0.1) is 0 Å². The summed E-state index contributed by atoms with van der Waals surface area (Å²) in [6, 6.07) is 9.02. The molecule has 0 radical (unpaired) electrons. The Morgan fingerprint density at radius 1 is 1.06 bits per heavy atom. The minimum Gasteiger partial charge on any atom is -0.0620 e. The van der Waals surface area contributed by atoms with Crippen LogP contribution in [0.4, 0.5) is 0 Å². The van der Waals surface area contributed by atoms with E-state index in [-0.39, 0.29) is 0 Å². The molecule has 0 nitrogen and oxygen atoms in total. The van der Waals surface area contributed by atoms with Crippen molar-refractivity contribution in [1.29, 1.82) is 0 Å². The van der Waals surface area contributed by atoms with Crippen LogP contribution in [0.15, 0.2) is 24.3 Å². The second-order valence-electron chi connectivity index (χ2n) is 5.56. The van der Waals surface area contributed by atoms with Gasteiger partial charge in [0.15, 0.2) is 0 Å². The van der Waals surface area contributed by atoms with Crippen LogP contribution in [0.2, 0.25) is 0 Å². The number of hydrogen-bond donors (Lipinski definition) is 0. The maximum Gasteiger partial charge on any atom is -0.0216 e. The van der Waals surface area contributed by atoms with Crippen LogP contribution >= 0.6 is 0 Å². The lowest BCUT2D eigenvalue weighted by atomic mass is 9.82. The molecule has 2 rings (SSSR count). The van der Waals surface area contributed by atoms with Gasteiger partial charge in [-0.1, -0.05) is 70.2 Å². The van der Waals surface area contributed by atoms with Crippen molar-refractivity contribution in [3.8, 4) is 0 Å². The Bertz CT molecular complexity index is 319. The van der Waals surface area contributed by atoms with Gasteiger partial charge in [-0.15, -0.1) is 0 Å². The molecule has 0 aromatic heterocycles. The van der Waals surface area contributed by atoms with E-state index in [0.717, 1.165) is 5.92 Å². The van der Waals surface area contributed by atoms with Crippen LogP contribution in [0.5, 0.6) is 0 Å². The van der Waals surface area contributed by atoms with Crippen molar-refractivity contribution >= 4 is 0 Å². The van der Waals surface area contributed by atoms with E-state index in [4.69, 9.17) is 0 Å². The lowest BCUT2D eigenvalue weighted by Crippen LogP contribution is -2.10. The van der Waals surface area contributed by atoms with Crippen LogP contribution in [0.1, 0.15) is 63.0 Å². The molecule has 16 heavy (non-hydrogen) atoms. The van der Waals surface area contributed by atoms with Crippen LogP contribution in [-0.4, -0.2) is 0 Å². The average molecular weight is 216 g/mol. The highest BCUT2D eigenvalue weighted by molar-refractivity contribution is 5.30. The van der Waals surface area contributed by atoms with Crippen LogP contribution in [0.25, 0.3) is 0 Å². The van der Waals surface area contributed by atoms with E-state index < -0.39 is 0 Å². The Labute approximate surface area is 100 Å². The van der Waals surface area contributed by atoms with Crippen molar-refractivity contribution in [2.45, 2.75) is 58.3 Å². The van der Waals surface area contributed by atoms with E-state index in [1.54, 1.807) is 11.1 Å². The fourth-order valence-electron chi connectivity index (χ4n) is 2.99. The normalized spacial score (nSPS) is 17.9. The molecule has 0 bridgehead atoms. The summed E-state index contributed by atoms with van der Waals surface area (Å²) in [6.45, 7) is 4.61. The molecule has 1 fully saturated rings. The molecule has 88 valence electrons. The molecule has 0 atom stereocenters. The monoisotopic (exact) mass is 216 g/mol. The molecule has 1 aromatic carbocycles. The Hall–Kier alpha value is -0.780. The fraction of sp³-hybridized carbons (Fsp3) is 0.625. The van der Waals surface area contributed by atoms with Gasteiger partial charge in [0.25, 0.3) is 0 Å². The third-order valence-corrected chi connectivity index (χ3v) is 3.91. The molecule has 0 heterocycles. The summed E-state index contributed by atoms with van der Waals surface area (Å²) in [4.78, 5) is 0. The molecular formula is C16H24. The first-order valence-corrected chi connectivity index (χ1v) is 6.85. The van der Waals surface area contributed by atoms with E-state index in [0.29, 0.717) is 5.92 Å². The summed E-state index contributed by atoms with van der Waals surface area (Å²) >= 11 is 0. The summed E-state index contributed by atoms with van der Waals surface area (Å²) in [5.74, 6) is 1.62. The third kappa shape index (κ3) is 2.87. The predicted molar refractivity (Wildman–Crippen MR) is 70.8 cm³/mol. The van der Waals surface area contributed by atoms with Crippen LogP contribution < -0.4 is 0 Å². The van der Waals surface area contributed by atoms with E-state index in [9.17, 15) is 0 Å². The largest absolute Gasteiger partial charge is 0.0620 e. The topological polar surface area (TPSA) is 0 Å². The summed E-state index contributed by atoms with van der Waals surface area (Å²) in [7, 11) is 0. The van der Waals surface area contributed by atoms with E-state index >= 15 is 0 Å². The standard InChI is InChI=1S/C16H24/c1-13(2)16-11-7-6-10-15(16)12-14-8-4-3-5-9-14/h6-7,10-11,13-14H,3-5,8-9,12H2,1-2H3. The first kappa shape index (κ1) is 11.7. The zero-order chi connectivity index (χ0) is 11.4. The maximum atomic E-state index is 2.34. The maximum absolute atomic E-state index is 2.34. The number of rotatable bonds is 3. The Morgan fingerprint density at radius 3 is 2.44 bits per heavy atom. The van der Waals surface area contributed by atoms with Crippen molar-refractivity contribution in [1.82, 2.24) is 0 Å². The molecule has 0 N–H and O–H groups in total. The minimum absolute atomic E-state index is 0.666. The smallest absolute Gasteiger partial charge is 0.0216 e. The van der Waals surface area contributed by atoms with Gasteiger partial charge in [0, 0.05) is 0 Å². The van der Waals surface area contributed by atoms with Crippen molar-refractivity contribution in [3.05, 3.63) is 35.4 Å². The second-order valence-corrected chi connectivity index (χ2v) is 5.56. The van der Waals surface area contributed by atoms with Crippen molar-refractivity contribution in [3.63, 3.8) is 0 Å². The summed E-state index contributed by atoms with van der Waals surface area (Å²) < 4.78 is 0. The summed E-state index contributed by atoms with van der Waals surface area (Å²) in [5.41, 5.74) is 3.16. The summed E-state index contributed by atoms with van der Waals surface area (Å²) in [5, 5.41) is 0. The highest BCUT2D eigenvalue weighted by atomic mass is 14.2. The molecule has 0 unspecified atom stereocenters. The Kier molecular flexibility index (Phi) is 4.04. The van der Waals surface area contributed by atoms with Crippen molar-refractivity contribution in [2.24, 2.45) is 5.92 Å². The first-order chi connectivity index (χ1) is 7.77. The second kappa shape index (κ2) is 5.52. The predicted octanol–water partition coefficient (Wildman–Crippen LogP) is 4.93. The molecule has 1 aromatic rings. The molecule has 0 spiro atoms. The Morgan fingerprint density at radius 2 is 1.75 bits per heavy atom. The van der Waals surface area contributed by atoms with E-state index in [2.05, 4.69) is 38.1 Å². The molecule has 1 aliphatic rings. The molecule has 0 saturated heterocycles. The van der Waals surface area contributed by atoms with Gasteiger partial charge in [-0.25, -0.2) is 0 Å². The summed E-state index contributed by atoms with van der Waals surface area (Å²) in [6.07, 6.45) is 8.58. The van der Waals surface area contributed by atoms with Crippen LogP contribution in [-0.2, 0) is 6.42 Å². The van der Waals surface area contributed by atoms with Gasteiger partial charge in [-0.3, -0.25) is 0 Å². The molecule has 1 saturated carbocycles. The zero-order valence-corrected chi connectivity index (χ0v) is 10.7. The van der Waals surface area contributed by atoms with Gasteiger partial charge >= 0.3 is 0 Å². The van der Waals surface area contributed by atoms with Gasteiger partial charge in [0.2, 0.25) is 0 Å². The Balaban J connectivity index is 2.07. The van der Waals surface area contributed by atoms with Gasteiger partial charge in [0.1, 0.15) is 0 Å². The van der Waals surface area contributed by atoms with Crippen LogP contribution in [0, 0.1) is 5.92 Å². The number of hydrogen-bond acceptors (Lipinski definition) is 0. The quantitative estimate of drug-likeness (QED) is 0.672. The first-order valence-electron chi connectivity index (χ1n) is 6.85. The van der Waals surface area contributed by atoms with Crippen LogP contribution in [0.3, 0.4) is 0 Å². The molecule has 0 heteroatoms. The third-order valence-electron chi connectivity index (χ3n) is 3.91. The highest BCUT2D eigenvalue weighted by Crippen LogP contribution is 2.29. The van der Waals surface area contributed by atoms with Crippen molar-refractivity contribution < 1.29 is 0 Å². The lowest BCUT2D eigenvalue weighted by Gasteiger charge is -2.23. The van der Waals surface area contributed by atoms with Crippen molar-refractivity contribution in [2.75, 3.05) is 0 Å². The van der Waals surface area contributed by atoms with E-state index in [1.165, 1.54) is 38.5 Å². The molecular weight excluding hydrogens is 192 g/mol. The zero-order valence-electron chi connectivity index (χ0n) is 10.7. The lowest BCUT2D eigenvalue weighted by molar-refractivity contribution is 0.356. The van der Waals surface area contributed by atoms with Gasteiger partial charge in [-0.05, 0) is 29.4 Å². The van der Waals surface area contributed by atoms with Gasteiger partial charge < -0.3 is 0 Å². The van der Waals surface area contributed by atoms with Gasteiger partial charge in [-0.2, -0.15) is 0 Å². The highest BCUT2D eigenvalue weighted by Gasteiger charge is 2.15. The fourth-order valence-corrected chi connectivity index (χ4v) is 2.99. The van der Waals surface area contributed by atoms with E-state index in [1.807, 2.05) is 0 Å². The minimum atomic E-state index is 0.666. The molecule has 0 aliphatic heterocycles. The average Bonchev–Trinajstić information content (AvgIpc) is 2.31. The SMILES string of the molecule is CC(C)c1ccccc1CC1CCCCC1. The molecule has 1 aliphatic carbocycles.